The molecule has 2 N–H and O–H groups in total. The average molecular weight is 250 g/mol. The van der Waals surface area contributed by atoms with Crippen LogP contribution in [0.5, 0.6) is 0 Å². The number of hydrogen-bond donors (Lipinski definition) is 1. The maximum Gasteiger partial charge on any atom is 0.123 e. The summed E-state index contributed by atoms with van der Waals surface area (Å²) in [5.41, 5.74) is 7.27. The van der Waals surface area contributed by atoms with Crippen LogP contribution in [0.4, 0.5) is 4.39 Å². The van der Waals surface area contributed by atoms with Crippen molar-refractivity contribution in [1.82, 2.24) is 4.90 Å². The maximum atomic E-state index is 13.0. The molecule has 1 aliphatic rings. The standard InChI is InChI=1S/C15H23FN2/c1-3-15(12-4-6-13(16)7-5-12)18-9-8-14(17)11(2)10-18/h4-7,11,14-15H,3,8-10,17H2,1-2H3. The zero-order valence-electron chi connectivity index (χ0n) is 11.3. The van der Waals surface area contributed by atoms with Gasteiger partial charge in [0.15, 0.2) is 0 Å². The number of halogens is 1. The minimum atomic E-state index is -0.164. The van der Waals surface area contributed by atoms with Crippen LogP contribution < -0.4 is 5.73 Å². The minimum absolute atomic E-state index is 0.164. The molecule has 0 aromatic heterocycles. The van der Waals surface area contributed by atoms with Crippen molar-refractivity contribution in [1.29, 1.82) is 0 Å². The summed E-state index contributed by atoms with van der Waals surface area (Å²) < 4.78 is 13.0. The highest BCUT2D eigenvalue weighted by Gasteiger charge is 2.27. The zero-order chi connectivity index (χ0) is 13.1. The van der Waals surface area contributed by atoms with Gasteiger partial charge in [-0.15, -0.1) is 0 Å². The Bertz CT molecular complexity index is 377. The van der Waals surface area contributed by atoms with Crippen molar-refractivity contribution in [3.63, 3.8) is 0 Å². The monoisotopic (exact) mass is 250 g/mol. The summed E-state index contributed by atoms with van der Waals surface area (Å²) in [6.45, 7) is 6.49. The fourth-order valence-corrected chi connectivity index (χ4v) is 2.87. The van der Waals surface area contributed by atoms with Crippen LogP contribution in [-0.2, 0) is 0 Å². The molecule has 3 heteroatoms. The predicted octanol–water partition coefficient (Wildman–Crippen LogP) is 2.95. The molecule has 2 rings (SSSR count). The molecule has 3 unspecified atom stereocenters. The summed E-state index contributed by atoms with van der Waals surface area (Å²) in [7, 11) is 0. The smallest absolute Gasteiger partial charge is 0.123 e. The molecule has 0 amide bonds. The van der Waals surface area contributed by atoms with E-state index in [0.29, 0.717) is 18.0 Å². The number of nitrogens with two attached hydrogens (primary N) is 1. The van der Waals surface area contributed by atoms with Gasteiger partial charge in [-0.05, 0) is 36.5 Å². The lowest BCUT2D eigenvalue weighted by molar-refractivity contribution is 0.113. The Morgan fingerprint density at radius 3 is 2.61 bits per heavy atom. The Morgan fingerprint density at radius 2 is 2.06 bits per heavy atom. The van der Waals surface area contributed by atoms with E-state index in [-0.39, 0.29) is 5.82 Å². The van der Waals surface area contributed by atoms with Crippen molar-refractivity contribution in [2.24, 2.45) is 11.7 Å². The molecule has 2 nitrogen and oxygen atoms in total. The van der Waals surface area contributed by atoms with Crippen LogP contribution in [0, 0.1) is 11.7 Å². The van der Waals surface area contributed by atoms with Gasteiger partial charge in [0, 0.05) is 25.2 Å². The van der Waals surface area contributed by atoms with Gasteiger partial charge in [0.25, 0.3) is 0 Å². The fraction of sp³-hybridized carbons (Fsp3) is 0.600. The van der Waals surface area contributed by atoms with Crippen molar-refractivity contribution in [2.45, 2.75) is 38.8 Å². The Hall–Kier alpha value is -0.930. The summed E-state index contributed by atoms with van der Waals surface area (Å²) in [6.07, 6.45) is 2.10. The Balaban J connectivity index is 2.11. The van der Waals surface area contributed by atoms with Crippen LogP contribution in [0.15, 0.2) is 24.3 Å². The SMILES string of the molecule is CCC(c1ccc(F)cc1)N1CCC(N)C(C)C1. The third-order valence-corrected chi connectivity index (χ3v) is 4.09. The molecule has 0 saturated carbocycles. The van der Waals surface area contributed by atoms with E-state index in [4.69, 9.17) is 5.73 Å². The number of likely N-dealkylation sites (tertiary alicyclic amines) is 1. The second-order valence-electron chi connectivity index (χ2n) is 5.40. The number of rotatable bonds is 3. The highest BCUT2D eigenvalue weighted by molar-refractivity contribution is 5.20. The van der Waals surface area contributed by atoms with Crippen molar-refractivity contribution in [3.8, 4) is 0 Å². The molecule has 0 spiro atoms. The van der Waals surface area contributed by atoms with Gasteiger partial charge < -0.3 is 5.73 Å². The van der Waals surface area contributed by atoms with E-state index in [1.807, 2.05) is 12.1 Å². The lowest BCUT2D eigenvalue weighted by Gasteiger charge is -2.40. The van der Waals surface area contributed by atoms with Crippen LogP contribution in [0.2, 0.25) is 0 Å². The van der Waals surface area contributed by atoms with Crippen LogP contribution in [0.25, 0.3) is 0 Å². The number of nitrogens with zero attached hydrogens (tertiary/aromatic N) is 1. The van der Waals surface area contributed by atoms with E-state index in [9.17, 15) is 4.39 Å². The topological polar surface area (TPSA) is 29.3 Å². The Labute approximate surface area is 109 Å². The number of hydrogen-bond acceptors (Lipinski definition) is 2. The summed E-state index contributed by atoms with van der Waals surface area (Å²) >= 11 is 0. The normalized spacial score (nSPS) is 27.1. The van der Waals surface area contributed by atoms with E-state index < -0.39 is 0 Å². The predicted molar refractivity (Wildman–Crippen MR) is 72.8 cm³/mol. The summed E-state index contributed by atoms with van der Waals surface area (Å²) in [5, 5.41) is 0. The Morgan fingerprint density at radius 1 is 1.39 bits per heavy atom. The second kappa shape index (κ2) is 5.81. The van der Waals surface area contributed by atoms with Crippen LogP contribution in [0.3, 0.4) is 0 Å². The summed E-state index contributed by atoms with van der Waals surface area (Å²) in [5.74, 6) is 0.371. The molecule has 1 saturated heterocycles. The molecule has 3 atom stereocenters. The van der Waals surface area contributed by atoms with Gasteiger partial charge in [-0.3, -0.25) is 4.90 Å². The molecule has 1 aromatic rings. The first-order valence-electron chi connectivity index (χ1n) is 6.87. The van der Waals surface area contributed by atoms with Gasteiger partial charge in [0.2, 0.25) is 0 Å². The first kappa shape index (κ1) is 13.5. The van der Waals surface area contributed by atoms with Gasteiger partial charge in [0.05, 0.1) is 0 Å². The van der Waals surface area contributed by atoms with Crippen molar-refractivity contribution in [2.75, 3.05) is 13.1 Å². The van der Waals surface area contributed by atoms with E-state index in [0.717, 1.165) is 25.9 Å². The molecular formula is C15H23FN2. The van der Waals surface area contributed by atoms with Crippen molar-refractivity contribution < 1.29 is 4.39 Å². The lowest BCUT2D eigenvalue weighted by atomic mass is 9.91. The van der Waals surface area contributed by atoms with Crippen molar-refractivity contribution in [3.05, 3.63) is 35.6 Å². The van der Waals surface area contributed by atoms with E-state index in [2.05, 4.69) is 18.7 Å². The largest absolute Gasteiger partial charge is 0.327 e. The van der Waals surface area contributed by atoms with E-state index >= 15 is 0 Å². The molecule has 1 heterocycles. The third-order valence-electron chi connectivity index (χ3n) is 4.09. The maximum absolute atomic E-state index is 13.0. The first-order chi connectivity index (χ1) is 8.61. The van der Waals surface area contributed by atoms with Gasteiger partial charge in [-0.25, -0.2) is 4.39 Å². The molecule has 0 bridgehead atoms. The molecule has 1 aliphatic heterocycles. The number of piperidine rings is 1. The molecule has 100 valence electrons. The molecule has 0 aliphatic carbocycles. The zero-order valence-corrected chi connectivity index (χ0v) is 11.3. The van der Waals surface area contributed by atoms with Gasteiger partial charge in [-0.1, -0.05) is 26.0 Å². The summed E-state index contributed by atoms with van der Waals surface area (Å²) in [4.78, 5) is 2.49. The minimum Gasteiger partial charge on any atom is -0.327 e. The van der Waals surface area contributed by atoms with Crippen LogP contribution >= 0.6 is 0 Å². The van der Waals surface area contributed by atoms with E-state index in [1.165, 1.54) is 5.56 Å². The Kier molecular flexibility index (Phi) is 4.36. The first-order valence-corrected chi connectivity index (χ1v) is 6.87. The van der Waals surface area contributed by atoms with Crippen LogP contribution in [0.1, 0.15) is 38.3 Å². The molecule has 18 heavy (non-hydrogen) atoms. The summed E-state index contributed by atoms with van der Waals surface area (Å²) in [6, 6.07) is 7.63. The van der Waals surface area contributed by atoms with Gasteiger partial charge >= 0.3 is 0 Å². The molecule has 1 fully saturated rings. The van der Waals surface area contributed by atoms with E-state index in [1.54, 1.807) is 12.1 Å². The van der Waals surface area contributed by atoms with Crippen LogP contribution in [-0.4, -0.2) is 24.0 Å². The molecular weight excluding hydrogens is 227 g/mol. The third kappa shape index (κ3) is 2.90. The highest BCUT2D eigenvalue weighted by Crippen LogP contribution is 2.28. The van der Waals surface area contributed by atoms with Crippen molar-refractivity contribution >= 4 is 0 Å². The van der Waals surface area contributed by atoms with Gasteiger partial charge in [-0.2, -0.15) is 0 Å². The van der Waals surface area contributed by atoms with Gasteiger partial charge in [0.1, 0.15) is 5.82 Å². The molecule has 1 aromatic carbocycles. The highest BCUT2D eigenvalue weighted by atomic mass is 19.1. The fourth-order valence-electron chi connectivity index (χ4n) is 2.87. The quantitative estimate of drug-likeness (QED) is 0.893. The number of benzene rings is 1. The average Bonchev–Trinajstić information content (AvgIpc) is 2.37. The second-order valence-corrected chi connectivity index (χ2v) is 5.40. The lowest BCUT2D eigenvalue weighted by Crippen LogP contribution is -2.47. The molecule has 0 radical (unpaired) electrons.